The van der Waals surface area contributed by atoms with Crippen LogP contribution in [0.1, 0.15) is 105 Å². The van der Waals surface area contributed by atoms with Crippen LogP contribution in [0, 0.1) is 10.8 Å². The molecular weight excluding hydrogens is 1400 g/mol. The Balaban J connectivity index is 1.24. The van der Waals surface area contributed by atoms with Crippen LogP contribution in [-0.2, 0) is 52.6 Å². The number of fused-ring (bicyclic) bond motifs is 15. The van der Waals surface area contributed by atoms with E-state index in [4.69, 9.17) is 63.1 Å². The number of hydrogen-bond donors (Lipinski definition) is 18. The number of ether oxygens (including phenoxy) is 6. The molecule has 0 aromatic heterocycles. The van der Waals surface area contributed by atoms with E-state index in [1.165, 1.54) is 20.9 Å². The fourth-order valence-electron chi connectivity index (χ4n) is 12.6. The molecule has 103 heavy (non-hydrogen) atoms. The predicted octanol–water partition coefficient (Wildman–Crippen LogP) is 0.500. The summed E-state index contributed by atoms with van der Waals surface area (Å²) >= 11 is 14.1. The van der Waals surface area contributed by atoms with Crippen LogP contribution < -0.4 is 57.6 Å². The average molecular weight is 1480 g/mol. The molecule has 0 saturated carbocycles. The number of carboxylic acid groups (broad SMARTS) is 1. The number of nitroso groups, excluding NO2 is 1. The Hall–Kier alpha value is -9.76. The van der Waals surface area contributed by atoms with Crippen LogP contribution in [0.25, 0.3) is 11.1 Å². The Morgan fingerprint density at radius 1 is 0.738 bits per heavy atom. The molecule has 7 amide bonds. The van der Waals surface area contributed by atoms with E-state index in [1.807, 2.05) is 0 Å². The van der Waals surface area contributed by atoms with Gasteiger partial charge in [-0.25, -0.2) is 4.79 Å². The Bertz CT molecular complexity index is 4170. The molecule has 0 spiro atoms. The molecule has 37 heteroatoms. The third-order valence-electron chi connectivity index (χ3n) is 18.0. The third kappa shape index (κ3) is 16.1. The first-order chi connectivity index (χ1) is 48.6. The second kappa shape index (κ2) is 30.7. The molecule has 5 aromatic rings. The van der Waals surface area contributed by atoms with Gasteiger partial charge in [0.2, 0.25) is 53.4 Å². The number of carboxylic acids is 1. The van der Waals surface area contributed by atoms with Crippen LogP contribution in [0.2, 0.25) is 10.0 Å². The minimum atomic E-state index is -2.39. The van der Waals surface area contributed by atoms with Gasteiger partial charge in [0.1, 0.15) is 95.5 Å². The number of rotatable bonds is 14. The number of carbonyl (C=O) groups is 8. The number of aliphatic hydroxyl groups excluding tert-OH is 6. The van der Waals surface area contributed by atoms with Gasteiger partial charge < -0.3 is 123 Å². The maximum absolute atomic E-state index is 16.0. The fourth-order valence-corrected chi connectivity index (χ4v) is 13.0. The number of hydrogen-bond acceptors (Lipinski definition) is 26. The van der Waals surface area contributed by atoms with E-state index in [1.54, 1.807) is 13.8 Å². The van der Waals surface area contributed by atoms with Gasteiger partial charge in [0.15, 0.2) is 29.9 Å². The van der Waals surface area contributed by atoms with Crippen LogP contribution in [-0.4, -0.2) is 196 Å². The van der Waals surface area contributed by atoms with Gasteiger partial charge in [0, 0.05) is 41.8 Å². The molecule has 7 aliphatic rings. The van der Waals surface area contributed by atoms with Gasteiger partial charge in [-0.3, -0.25) is 38.6 Å². The second-order valence-corrected chi connectivity index (χ2v) is 26.9. The zero-order valence-corrected chi connectivity index (χ0v) is 56.6. The van der Waals surface area contributed by atoms with Crippen molar-refractivity contribution < 1.29 is 118 Å². The first-order valence-electron chi connectivity index (χ1n) is 31.9. The lowest BCUT2D eigenvalue weighted by atomic mass is 9.86. The number of amides is 7. The van der Waals surface area contributed by atoms with E-state index in [0.29, 0.717) is 0 Å². The number of carbonyl (C=O) groups excluding carboxylic acids is 7. The van der Waals surface area contributed by atoms with Gasteiger partial charge in [-0.1, -0.05) is 55.2 Å². The molecule has 7 heterocycles. The summed E-state index contributed by atoms with van der Waals surface area (Å²) in [6, 6.07) is -1.72. The second-order valence-electron chi connectivity index (χ2n) is 26.0. The highest BCUT2D eigenvalue weighted by atomic mass is 35.5. The van der Waals surface area contributed by atoms with Gasteiger partial charge in [0.25, 0.3) is 0 Å². The lowest BCUT2D eigenvalue weighted by Crippen LogP contribution is -2.64. The van der Waals surface area contributed by atoms with E-state index in [-0.39, 0.29) is 41.2 Å². The van der Waals surface area contributed by atoms with Gasteiger partial charge >= 0.3 is 5.97 Å². The largest absolute Gasteiger partial charge is 0.508 e. The minimum Gasteiger partial charge on any atom is -0.508 e. The van der Waals surface area contributed by atoms with E-state index in [9.17, 15) is 79.9 Å². The van der Waals surface area contributed by atoms with E-state index >= 15 is 14.4 Å². The number of phenolic OH excluding ortho intramolecular Hbond substituents is 3. The molecule has 0 radical (unpaired) electrons. The number of aliphatic carboxylic acids is 1. The maximum Gasteiger partial charge on any atom is 0.330 e. The molecule has 12 rings (SSSR count). The molecule has 552 valence electrons. The maximum atomic E-state index is 16.0. The van der Waals surface area contributed by atoms with Crippen molar-refractivity contribution in [3.63, 3.8) is 0 Å². The summed E-state index contributed by atoms with van der Waals surface area (Å²) in [6.07, 6.45) is -19.1. The summed E-state index contributed by atoms with van der Waals surface area (Å²) in [6.45, 7) is 5.40. The number of nitrogens with one attached hydrogen (secondary N) is 6. The number of benzene rings is 5. The Morgan fingerprint density at radius 2 is 1.34 bits per heavy atom. The standard InChI is InChI=1S/C66H74Cl2N10O25/c1-23(2)12-35(78(5)77-97)59(90)75-49-51(84)26-7-10-38(32(67)14-26)99-40-16-28-17-41(55(40)103-65-56(54(87)53(86)42(22-79)101-65)102-44-21-66(4,70)57(88)24(3)98-44)100-39-11-8-27(15-33(39)68)52(85)50-63(94)74-48(64(95)96)31-18-29(80)19-37(82)45(31)30-13-25(6-9-36(30)81)46(60(91)76-50)73-61(92)47(28)72-58(89)34(20-43(69)83)71-62(49)93/h6-11,13-19,23-24,34-35,42,44,46-54,56-57,65,79-82,84-88H,12,20-22,70H2,1-5H3,(H2,69,83)(H,71,93)(H,72,89)(H,73,92)(H,74,94)(H,75,90)(H,76,91)(H,95,96). The highest BCUT2D eigenvalue weighted by molar-refractivity contribution is 6.32. The summed E-state index contributed by atoms with van der Waals surface area (Å²) in [5.74, 6) is -16.9. The Labute approximate surface area is 594 Å². The quantitative estimate of drug-likeness (QED) is 0.0532. The van der Waals surface area contributed by atoms with Gasteiger partial charge in [-0.2, -0.15) is 0 Å². The predicted molar refractivity (Wildman–Crippen MR) is 354 cm³/mol. The minimum absolute atomic E-state index is 0.0486. The number of nitrogens with zero attached hydrogens (tertiary/aromatic N) is 2. The third-order valence-corrected chi connectivity index (χ3v) is 18.6. The lowest BCUT2D eigenvalue weighted by molar-refractivity contribution is -0.333. The topological polar surface area (TPSA) is 551 Å². The summed E-state index contributed by atoms with van der Waals surface area (Å²) in [7, 11) is 1.17. The van der Waals surface area contributed by atoms with Crippen molar-refractivity contribution >= 4 is 70.5 Å². The summed E-state index contributed by atoms with van der Waals surface area (Å²) in [4.78, 5) is 129. The van der Waals surface area contributed by atoms with Crippen molar-refractivity contribution in [3.8, 4) is 57.1 Å². The van der Waals surface area contributed by atoms with Crippen LogP contribution >= 0.6 is 23.2 Å². The number of primary amides is 1. The SMILES string of the molecule is CC(C)CC(C(=O)NC1C(=O)NC(CC(N)=O)C(=O)NC2C(=O)NC3C(=O)NC(C(=O)NC(C(=O)O)c4cc(O)cc(O)c4-c4cc3ccc4O)C(O)c3ccc(c(Cl)c3)Oc3cc2cc(c3OC2OC(CO)C(O)C(O)C2OC2CC(C)(N)C(O)C(C)O2)Oc2ccc(cc2Cl)C1O)N(C)N=O. The monoisotopic (exact) mass is 1480 g/mol. The molecule has 0 aliphatic carbocycles. The molecule has 20 N–H and O–H groups in total. The first-order valence-corrected chi connectivity index (χ1v) is 32.7. The smallest absolute Gasteiger partial charge is 0.330 e. The van der Waals surface area contributed by atoms with Crippen LogP contribution in [0.15, 0.2) is 84.1 Å². The molecule has 2 fully saturated rings. The van der Waals surface area contributed by atoms with Crippen LogP contribution in [0.5, 0.6) is 46.0 Å². The summed E-state index contributed by atoms with van der Waals surface area (Å²) < 4.78 is 38.2. The molecule has 18 unspecified atom stereocenters. The van der Waals surface area contributed by atoms with Gasteiger partial charge in [-0.05, 0) is 103 Å². The van der Waals surface area contributed by atoms with Gasteiger partial charge in [0.05, 0.1) is 40.6 Å². The number of halogens is 2. The van der Waals surface area contributed by atoms with E-state index in [2.05, 4.69) is 37.2 Å². The molecule has 11 bridgehead atoms. The number of aromatic hydroxyl groups is 3. The molecule has 35 nitrogen and oxygen atoms in total. The van der Waals surface area contributed by atoms with Crippen LogP contribution in [0.3, 0.4) is 0 Å². The number of phenols is 3. The molecule has 18 atom stereocenters. The molecular formula is C66H74Cl2N10O25. The van der Waals surface area contributed by atoms with Crippen molar-refractivity contribution in [2.24, 2.45) is 22.7 Å². The van der Waals surface area contributed by atoms with E-state index < -0.39 is 242 Å². The summed E-state index contributed by atoms with van der Waals surface area (Å²) in [5.41, 5.74) is 7.79. The Morgan fingerprint density at radius 3 is 1.92 bits per heavy atom. The summed E-state index contributed by atoms with van der Waals surface area (Å²) in [5, 5.41) is 131. The number of nitrogens with two attached hydrogens (primary N) is 2. The zero-order valence-electron chi connectivity index (χ0n) is 55.1. The molecule has 7 aliphatic heterocycles. The lowest BCUT2D eigenvalue weighted by Gasteiger charge is -2.47. The molecule has 5 aromatic carbocycles. The van der Waals surface area contributed by atoms with Crippen molar-refractivity contribution in [1.82, 2.24) is 36.9 Å². The molecule has 2 saturated heterocycles. The average Bonchev–Trinajstić information content (AvgIpc) is 0.767. The van der Waals surface area contributed by atoms with Crippen LogP contribution in [0.4, 0.5) is 0 Å². The highest BCUT2D eigenvalue weighted by Gasteiger charge is 2.52. The van der Waals surface area contributed by atoms with Crippen molar-refractivity contribution in [2.45, 2.75) is 156 Å². The van der Waals surface area contributed by atoms with Crippen molar-refractivity contribution in [2.75, 3.05) is 13.7 Å². The zero-order chi connectivity index (χ0) is 75.1. The Kier molecular flexibility index (Phi) is 22.6. The normalized spacial score (nSPS) is 29.0. The van der Waals surface area contributed by atoms with Crippen molar-refractivity contribution in [1.29, 1.82) is 0 Å². The first kappa shape index (κ1) is 75.9. The number of aliphatic hydroxyl groups is 6. The van der Waals surface area contributed by atoms with Gasteiger partial charge in [-0.15, -0.1) is 4.91 Å². The number of likely N-dealkylation sites (N-methyl/N-ethyl adjacent to an activating group) is 1. The van der Waals surface area contributed by atoms with E-state index in [0.717, 1.165) is 83.9 Å². The highest BCUT2D eigenvalue weighted by Crippen LogP contribution is 2.50. The van der Waals surface area contributed by atoms with Crippen molar-refractivity contribution in [3.05, 3.63) is 122 Å². The fraction of sp³-hybridized carbons (Fsp3) is 0.424.